The molecule has 2 amide bonds. The van der Waals surface area contributed by atoms with Crippen LogP contribution >= 0.6 is 0 Å². The molecule has 1 aliphatic heterocycles. The topological polar surface area (TPSA) is 46.6 Å². The van der Waals surface area contributed by atoms with E-state index in [0.717, 1.165) is 11.0 Å². The predicted molar refractivity (Wildman–Crippen MR) is 47.0 cm³/mol. The highest BCUT2D eigenvalue weighted by atomic mass is 16.6. The first kappa shape index (κ1) is 9.77. The molecule has 1 rings (SSSR count). The van der Waals surface area contributed by atoms with E-state index in [9.17, 15) is 9.59 Å². The van der Waals surface area contributed by atoms with Gasteiger partial charge in [-0.15, -0.1) is 0 Å². The van der Waals surface area contributed by atoms with Crippen LogP contribution in [0.2, 0.25) is 0 Å². The summed E-state index contributed by atoms with van der Waals surface area (Å²) in [6.07, 6.45) is 0.561. The number of hydrogen-bond donors (Lipinski definition) is 0. The highest BCUT2D eigenvalue weighted by Gasteiger charge is 2.38. The van der Waals surface area contributed by atoms with Gasteiger partial charge in [-0.1, -0.05) is 20.4 Å². The summed E-state index contributed by atoms with van der Waals surface area (Å²) in [5.41, 5.74) is 0. The fourth-order valence-electron chi connectivity index (χ4n) is 1.28. The minimum absolute atomic E-state index is 0.155. The molecule has 0 aromatic heterocycles. The number of nitrogens with zero attached hydrogens (tertiary/aromatic N) is 1. The van der Waals surface area contributed by atoms with Crippen LogP contribution in [-0.2, 0) is 9.53 Å². The fraction of sp³-hybridized carbons (Fsp3) is 0.556. The normalized spacial score (nSPS) is 21.9. The Balaban J connectivity index is 2.82. The van der Waals surface area contributed by atoms with Crippen LogP contribution in [0.25, 0.3) is 0 Å². The van der Waals surface area contributed by atoms with Gasteiger partial charge >= 0.3 is 6.09 Å². The van der Waals surface area contributed by atoms with E-state index < -0.39 is 6.09 Å². The lowest BCUT2D eigenvalue weighted by Gasteiger charge is -2.20. The molecule has 1 unspecified atom stereocenters. The second-order valence-electron chi connectivity index (χ2n) is 3.30. The highest BCUT2D eigenvalue weighted by molar-refractivity contribution is 5.99. The molecule has 1 saturated heterocycles. The molecule has 1 fully saturated rings. The Hall–Kier alpha value is -1.32. The van der Waals surface area contributed by atoms with Crippen LogP contribution < -0.4 is 0 Å². The molecule has 1 aliphatic rings. The maximum Gasteiger partial charge on any atom is 0.417 e. The van der Waals surface area contributed by atoms with Crippen molar-refractivity contribution in [2.45, 2.75) is 19.9 Å². The van der Waals surface area contributed by atoms with E-state index in [4.69, 9.17) is 4.74 Å². The number of carbonyl (C=O) groups is 2. The van der Waals surface area contributed by atoms with Gasteiger partial charge in [0.15, 0.2) is 0 Å². The monoisotopic (exact) mass is 183 g/mol. The minimum atomic E-state index is -0.566. The van der Waals surface area contributed by atoms with Crippen LogP contribution in [0, 0.1) is 5.92 Å². The first-order valence-corrected chi connectivity index (χ1v) is 4.20. The van der Waals surface area contributed by atoms with Crippen LogP contribution in [0.5, 0.6) is 0 Å². The Morgan fingerprint density at radius 1 is 1.77 bits per heavy atom. The SMILES string of the molecule is C=CC(=O)N1C(=O)OCC1C(C)C. The van der Waals surface area contributed by atoms with Gasteiger partial charge < -0.3 is 4.74 Å². The van der Waals surface area contributed by atoms with Gasteiger partial charge in [0.2, 0.25) is 0 Å². The second-order valence-corrected chi connectivity index (χ2v) is 3.30. The van der Waals surface area contributed by atoms with Gasteiger partial charge in [0.25, 0.3) is 5.91 Å². The molecule has 0 radical (unpaired) electrons. The second kappa shape index (κ2) is 3.60. The summed E-state index contributed by atoms with van der Waals surface area (Å²) in [6, 6.07) is -0.155. The van der Waals surface area contributed by atoms with Crippen molar-refractivity contribution in [3.05, 3.63) is 12.7 Å². The number of imide groups is 1. The molecule has 1 heterocycles. The van der Waals surface area contributed by atoms with Gasteiger partial charge in [-0.3, -0.25) is 4.79 Å². The van der Waals surface area contributed by atoms with Gasteiger partial charge in [0.05, 0.1) is 6.04 Å². The van der Waals surface area contributed by atoms with Gasteiger partial charge in [-0.05, 0) is 12.0 Å². The Kier molecular flexibility index (Phi) is 2.70. The summed E-state index contributed by atoms with van der Waals surface area (Å²) in [5, 5.41) is 0. The zero-order valence-corrected chi connectivity index (χ0v) is 7.82. The van der Waals surface area contributed by atoms with Crippen LogP contribution in [-0.4, -0.2) is 29.5 Å². The quantitative estimate of drug-likeness (QED) is 0.604. The molecule has 4 heteroatoms. The van der Waals surface area contributed by atoms with Gasteiger partial charge in [0.1, 0.15) is 6.61 Å². The number of ether oxygens (including phenoxy) is 1. The lowest BCUT2D eigenvalue weighted by Crippen LogP contribution is -2.40. The maximum atomic E-state index is 11.2. The van der Waals surface area contributed by atoms with Crippen LogP contribution in [0.1, 0.15) is 13.8 Å². The van der Waals surface area contributed by atoms with E-state index in [2.05, 4.69) is 6.58 Å². The molecule has 13 heavy (non-hydrogen) atoms. The van der Waals surface area contributed by atoms with Crippen molar-refractivity contribution in [2.24, 2.45) is 5.92 Å². The van der Waals surface area contributed by atoms with Gasteiger partial charge in [-0.25, -0.2) is 9.69 Å². The number of hydrogen-bond acceptors (Lipinski definition) is 3. The van der Waals surface area contributed by atoms with E-state index in [1.807, 2.05) is 13.8 Å². The fourth-order valence-corrected chi connectivity index (χ4v) is 1.28. The van der Waals surface area contributed by atoms with E-state index in [-0.39, 0.29) is 24.5 Å². The molecule has 0 spiro atoms. The van der Waals surface area contributed by atoms with E-state index >= 15 is 0 Å². The summed E-state index contributed by atoms with van der Waals surface area (Å²) < 4.78 is 4.78. The zero-order valence-electron chi connectivity index (χ0n) is 7.82. The third-order valence-electron chi connectivity index (χ3n) is 2.09. The molecule has 0 aromatic rings. The number of carbonyl (C=O) groups excluding carboxylic acids is 2. The third kappa shape index (κ3) is 1.71. The minimum Gasteiger partial charge on any atom is -0.447 e. The van der Waals surface area contributed by atoms with Crippen molar-refractivity contribution in [2.75, 3.05) is 6.61 Å². The largest absolute Gasteiger partial charge is 0.447 e. The molecule has 0 saturated carbocycles. The molecule has 72 valence electrons. The summed E-state index contributed by atoms with van der Waals surface area (Å²) in [5.74, 6) is -0.184. The van der Waals surface area contributed by atoms with Crippen molar-refractivity contribution in [3.8, 4) is 0 Å². The molecule has 0 N–H and O–H groups in total. The van der Waals surface area contributed by atoms with E-state index in [1.165, 1.54) is 0 Å². The standard InChI is InChI=1S/C9H13NO3/c1-4-8(11)10-7(6(2)3)5-13-9(10)12/h4,6-7H,1,5H2,2-3H3. The van der Waals surface area contributed by atoms with Crippen molar-refractivity contribution >= 4 is 12.0 Å². The average Bonchev–Trinajstić information content (AvgIpc) is 2.46. The number of amides is 2. The summed E-state index contributed by atoms with van der Waals surface area (Å²) >= 11 is 0. The first-order chi connectivity index (χ1) is 6.07. The summed E-state index contributed by atoms with van der Waals surface area (Å²) in [6.45, 7) is 7.50. The van der Waals surface area contributed by atoms with Crippen LogP contribution in [0.15, 0.2) is 12.7 Å². The summed E-state index contributed by atoms with van der Waals surface area (Å²) in [7, 11) is 0. The Morgan fingerprint density at radius 2 is 2.38 bits per heavy atom. The molecule has 1 atom stereocenters. The molecular formula is C9H13NO3. The highest BCUT2D eigenvalue weighted by Crippen LogP contribution is 2.19. The molecule has 0 aromatic carbocycles. The van der Waals surface area contributed by atoms with Crippen molar-refractivity contribution in [3.63, 3.8) is 0 Å². The Morgan fingerprint density at radius 3 is 2.85 bits per heavy atom. The van der Waals surface area contributed by atoms with Crippen molar-refractivity contribution in [1.82, 2.24) is 4.90 Å². The molecular weight excluding hydrogens is 170 g/mol. The number of rotatable bonds is 2. The lowest BCUT2D eigenvalue weighted by atomic mass is 10.0. The number of cyclic esters (lactones) is 1. The van der Waals surface area contributed by atoms with E-state index in [0.29, 0.717) is 0 Å². The summed E-state index contributed by atoms with van der Waals surface area (Å²) in [4.78, 5) is 23.5. The van der Waals surface area contributed by atoms with Crippen molar-refractivity contribution < 1.29 is 14.3 Å². The van der Waals surface area contributed by atoms with Crippen LogP contribution in [0.4, 0.5) is 4.79 Å². The van der Waals surface area contributed by atoms with Gasteiger partial charge in [-0.2, -0.15) is 0 Å². The Labute approximate surface area is 77.2 Å². The van der Waals surface area contributed by atoms with Crippen LogP contribution in [0.3, 0.4) is 0 Å². The maximum absolute atomic E-state index is 11.2. The zero-order chi connectivity index (χ0) is 10.0. The lowest BCUT2D eigenvalue weighted by molar-refractivity contribution is -0.124. The molecule has 0 aliphatic carbocycles. The smallest absolute Gasteiger partial charge is 0.417 e. The molecule has 4 nitrogen and oxygen atoms in total. The van der Waals surface area contributed by atoms with Crippen molar-refractivity contribution in [1.29, 1.82) is 0 Å². The van der Waals surface area contributed by atoms with E-state index in [1.54, 1.807) is 0 Å². The Bertz CT molecular complexity index is 247. The predicted octanol–water partition coefficient (Wildman–Crippen LogP) is 1.18. The first-order valence-electron chi connectivity index (χ1n) is 4.20. The molecule has 0 bridgehead atoms. The van der Waals surface area contributed by atoms with Gasteiger partial charge in [0, 0.05) is 0 Å². The third-order valence-corrected chi connectivity index (χ3v) is 2.09. The average molecular weight is 183 g/mol.